The Hall–Kier alpha value is -1.51. The predicted octanol–water partition coefficient (Wildman–Crippen LogP) is 2.96. The van der Waals surface area contributed by atoms with Gasteiger partial charge in [0.25, 0.3) is 5.91 Å². The number of carbonyl (C=O) groups excluding carboxylic acids is 1. The van der Waals surface area contributed by atoms with Gasteiger partial charge >= 0.3 is 0 Å². The lowest BCUT2D eigenvalue weighted by molar-refractivity contribution is 0.0962. The predicted molar refractivity (Wildman–Crippen MR) is 77.4 cm³/mol. The first kappa shape index (κ1) is 12.5. The van der Waals surface area contributed by atoms with Gasteiger partial charge in [0.1, 0.15) is 0 Å². The normalized spacial score (nSPS) is 28.4. The van der Waals surface area contributed by atoms with Gasteiger partial charge in [-0.05, 0) is 55.7 Å². The van der Waals surface area contributed by atoms with Gasteiger partial charge in [0.2, 0.25) is 0 Å². The molecule has 0 radical (unpaired) electrons. The van der Waals surface area contributed by atoms with Crippen LogP contribution in [0, 0.1) is 18.8 Å². The van der Waals surface area contributed by atoms with E-state index >= 15 is 0 Å². The highest BCUT2D eigenvalue weighted by Crippen LogP contribution is 2.45. The first-order chi connectivity index (χ1) is 9.19. The van der Waals surface area contributed by atoms with Crippen LogP contribution in [0.2, 0.25) is 0 Å². The molecule has 3 atom stereocenters. The Balaban J connectivity index is 1.79. The first-order valence-electron chi connectivity index (χ1n) is 7.27. The van der Waals surface area contributed by atoms with Crippen molar-refractivity contribution in [2.75, 3.05) is 12.4 Å². The molecule has 3 rings (SSSR count). The average Bonchev–Trinajstić information content (AvgIpc) is 3.02. The summed E-state index contributed by atoms with van der Waals surface area (Å²) < 4.78 is 0. The van der Waals surface area contributed by atoms with Gasteiger partial charge in [0.15, 0.2) is 0 Å². The summed E-state index contributed by atoms with van der Waals surface area (Å²) in [5, 5.41) is 6.38. The average molecular weight is 258 g/mol. The number of hydrogen-bond acceptors (Lipinski definition) is 2. The fraction of sp³-hybridized carbons (Fsp3) is 0.562. The molecule has 0 aromatic heterocycles. The Kier molecular flexibility index (Phi) is 3.21. The summed E-state index contributed by atoms with van der Waals surface area (Å²) in [4.78, 5) is 11.8. The van der Waals surface area contributed by atoms with Crippen molar-refractivity contribution >= 4 is 11.6 Å². The maximum Gasteiger partial charge on any atom is 0.251 e. The van der Waals surface area contributed by atoms with Crippen molar-refractivity contribution in [3.8, 4) is 0 Å². The van der Waals surface area contributed by atoms with E-state index in [2.05, 4.69) is 16.7 Å². The molecule has 2 aliphatic rings. The van der Waals surface area contributed by atoms with Crippen LogP contribution in [0.15, 0.2) is 18.2 Å². The molecule has 0 aliphatic heterocycles. The summed E-state index contributed by atoms with van der Waals surface area (Å²) in [7, 11) is 1.68. The highest BCUT2D eigenvalue weighted by atomic mass is 16.1. The van der Waals surface area contributed by atoms with Crippen molar-refractivity contribution in [1.29, 1.82) is 0 Å². The highest BCUT2D eigenvalue weighted by molar-refractivity contribution is 5.96. The number of nitrogens with one attached hydrogen (secondary N) is 2. The van der Waals surface area contributed by atoms with Gasteiger partial charge in [-0.3, -0.25) is 4.79 Å². The summed E-state index contributed by atoms with van der Waals surface area (Å²) in [6.45, 7) is 2.03. The van der Waals surface area contributed by atoms with Crippen LogP contribution in [0.25, 0.3) is 0 Å². The molecule has 2 fully saturated rings. The van der Waals surface area contributed by atoms with E-state index in [0.29, 0.717) is 6.04 Å². The molecule has 3 unspecified atom stereocenters. The van der Waals surface area contributed by atoms with Crippen molar-refractivity contribution in [2.45, 2.75) is 38.6 Å². The van der Waals surface area contributed by atoms with Crippen LogP contribution in [-0.4, -0.2) is 19.0 Å². The number of fused-ring (bicyclic) bond motifs is 2. The van der Waals surface area contributed by atoms with Crippen LogP contribution >= 0.6 is 0 Å². The minimum atomic E-state index is -0.00547. The molecule has 1 aromatic rings. The van der Waals surface area contributed by atoms with Gasteiger partial charge in [0.05, 0.1) is 0 Å². The van der Waals surface area contributed by atoms with Gasteiger partial charge < -0.3 is 10.6 Å². The Labute approximate surface area is 114 Å². The van der Waals surface area contributed by atoms with E-state index in [9.17, 15) is 4.79 Å². The van der Waals surface area contributed by atoms with E-state index in [4.69, 9.17) is 0 Å². The molecular weight excluding hydrogens is 236 g/mol. The summed E-state index contributed by atoms with van der Waals surface area (Å²) in [5.74, 6) is 1.77. The lowest BCUT2D eigenvalue weighted by atomic mass is 9.94. The fourth-order valence-electron chi connectivity index (χ4n) is 3.79. The second-order valence-corrected chi connectivity index (χ2v) is 5.98. The molecule has 102 valence electrons. The lowest BCUT2D eigenvalue weighted by Crippen LogP contribution is -2.27. The number of rotatable bonds is 3. The third kappa shape index (κ3) is 2.22. The minimum absolute atomic E-state index is 0.00547. The van der Waals surface area contributed by atoms with E-state index in [-0.39, 0.29) is 5.91 Å². The van der Waals surface area contributed by atoms with Crippen LogP contribution in [0.5, 0.6) is 0 Å². The van der Waals surface area contributed by atoms with Crippen LogP contribution in [0.1, 0.15) is 41.6 Å². The highest BCUT2D eigenvalue weighted by Gasteiger charge is 2.39. The van der Waals surface area contributed by atoms with Gasteiger partial charge in [0, 0.05) is 24.3 Å². The lowest BCUT2D eigenvalue weighted by Gasteiger charge is -2.25. The monoisotopic (exact) mass is 258 g/mol. The van der Waals surface area contributed by atoms with Crippen LogP contribution in [0.4, 0.5) is 5.69 Å². The number of anilines is 1. The van der Waals surface area contributed by atoms with E-state index in [1.807, 2.05) is 19.1 Å². The van der Waals surface area contributed by atoms with Crippen LogP contribution in [0.3, 0.4) is 0 Å². The molecule has 2 N–H and O–H groups in total. The molecule has 1 amide bonds. The van der Waals surface area contributed by atoms with Crippen molar-refractivity contribution in [3.05, 3.63) is 29.3 Å². The molecule has 19 heavy (non-hydrogen) atoms. The SMILES string of the molecule is CNC(=O)c1cccc(NC2CC3CCC2C3)c1C. The number of amides is 1. The first-order valence-corrected chi connectivity index (χ1v) is 7.27. The molecule has 0 spiro atoms. The molecule has 3 heteroatoms. The zero-order valence-electron chi connectivity index (χ0n) is 11.7. The molecule has 2 saturated carbocycles. The minimum Gasteiger partial charge on any atom is -0.382 e. The fourth-order valence-corrected chi connectivity index (χ4v) is 3.79. The molecule has 0 saturated heterocycles. The third-order valence-corrected chi connectivity index (χ3v) is 4.88. The van der Waals surface area contributed by atoms with Crippen molar-refractivity contribution in [2.24, 2.45) is 11.8 Å². The molecular formula is C16H22N2O. The molecule has 0 heterocycles. The van der Waals surface area contributed by atoms with E-state index < -0.39 is 0 Å². The topological polar surface area (TPSA) is 41.1 Å². The van der Waals surface area contributed by atoms with Gasteiger partial charge in [-0.2, -0.15) is 0 Å². The van der Waals surface area contributed by atoms with E-state index in [0.717, 1.165) is 28.7 Å². The molecule has 1 aromatic carbocycles. The Bertz CT molecular complexity index is 498. The second kappa shape index (κ2) is 4.87. The summed E-state index contributed by atoms with van der Waals surface area (Å²) in [6.07, 6.45) is 5.48. The van der Waals surface area contributed by atoms with Crippen molar-refractivity contribution in [3.63, 3.8) is 0 Å². The third-order valence-electron chi connectivity index (χ3n) is 4.88. The van der Waals surface area contributed by atoms with E-state index in [1.165, 1.54) is 25.7 Å². The standard InChI is InChI=1S/C16H22N2O/c1-10-13(16(19)17-2)4-3-5-14(10)18-15-9-11-6-7-12(15)8-11/h3-5,11-12,15,18H,6-9H2,1-2H3,(H,17,19). The number of hydrogen-bond donors (Lipinski definition) is 2. The Morgan fingerprint density at radius 2 is 2.11 bits per heavy atom. The zero-order valence-corrected chi connectivity index (χ0v) is 11.7. The van der Waals surface area contributed by atoms with Crippen LogP contribution in [-0.2, 0) is 0 Å². The van der Waals surface area contributed by atoms with Gasteiger partial charge in [-0.15, -0.1) is 0 Å². The summed E-state index contributed by atoms with van der Waals surface area (Å²) in [6, 6.07) is 6.55. The van der Waals surface area contributed by atoms with E-state index in [1.54, 1.807) is 7.05 Å². The second-order valence-electron chi connectivity index (χ2n) is 5.98. The Morgan fingerprint density at radius 1 is 1.26 bits per heavy atom. The maximum atomic E-state index is 11.8. The molecule has 2 bridgehead atoms. The summed E-state index contributed by atoms with van der Waals surface area (Å²) >= 11 is 0. The molecule has 2 aliphatic carbocycles. The van der Waals surface area contributed by atoms with Crippen molar-refractivity contribution in [1.82, 2.24) is 5.32 Å². The Morgan fingerprint density at radius 3 is 2.74 bits per heavy atom. The van der Waals surface area contributed by atoms with Crippen molar-refractivity contribution < 1.29 is 4.79 Å². The number of benzene rings is 1. The van der Waals surface area contributed by atoms with Crippen LogP contribution < -0.4 is 10.6 Å². The quantitative estimate of drug-likeness (QED) is 0.875. The van der Waals surface area contributed by atoms with Gasteiger partial charge in [-0.1, -0.05) is 12.5 Å². The van der Waals surface area contributed by atoms with Gasteiger partial charge in [-0.25, -0.2) is 0 Å². The largest absolute Gasteiger partial charge is 0.382 e. The molecule has 3 nitrogen and oxygen atoms in total. The summed E-state index contributed by atoms with van der Waals surface area (Å²) in [5.41, 5.74) is 2.96. The number of carbonyl (C=O) groups is 1. The smallest absolute Gasteiger partial charge is 0.251 e. The zero-order chi connectivity index (χ0) is 13.4. The maximum absolute atomic E-state index is 11.8.